The van der Waals surface area contributed by atoms with Gasteiger partial charge in [0, 0.05) is 12.6 Å². The third kappa shape index (κ3) is 4.74. The second-order valence-corrected chi connectivity index (χ2v) is 5.91. The molecule has 4 heteroatoms. The van der Waals surface area contributed by atoms with Crippen LogP contribution in [-0.2, 0) is 16.1 Å². The van der Waals surface area contributed by atoms with Crippen molar-refractivity contribution < 1.29 is 14.3 Å². The van der Waals surface area contributed by atoms with Crippen molar-refractivity contribution in [3.8, 4) is 0 Å². The molecule has 1 heterocycles. The third-order valence-electron chi connectivity index (χ3n) is 3.73. The number of hydrogen-bond acceptors (Lipinski definition) is 3. The van der Waals surface area contributed by atoms with E-state index in [2.05, 4.69) is 6.92 Å². The average molecular weight is 291 g/mol. The second-order valence-electron chi connectivity index (χ2n) is 5.91. The smallest absolute Gasteiger partial charge is 0.410 e. The number of ether oxygens (including phenoxy) is 2. The van der Waals surface area contributed by atoms with Gasteiger partial charge in [0.15, 0.2) is 0 Å². The van der Waals surface area contributed by atoms with Gasteiger partial charge in [0.25, 0.3) is 0 Å². The maximum absolute atomic E-state index is 12.2. The van der Waals surface area contributed by atoms with E-state index in [0.29, 0.717) is 13.2 Å². The number of hydrogen-bond donors (Lipinski definition) is 0. The quantitative estimate of drug-likeness (QED) is 0.850. The maximum Gasteiger partial charge on any atom is 0.410 e. The molecule has 0 aliphatic carbocycles. The Morgan fingerprint density at radius 1 is 1.33 bits per heavy atom. The van der Waals surface area contributed by atoms with Crippen LogP contribution in [0.15, 0.2) is 30.3 Å². The zero-order valence-electron chi connectivity index (χ0n) is 13.1. The van der Waals surface area contributed by atoms with Gasteiger partial charge >= 0.3 is 6.09 Å². The first kappa shape index (κ1) is 15.8. The molecular weight excluding hydrogens is 266 g/mol. The average Bonchev–Trinajstić information content (AvgIpc) is 2.45. The highest BCUT2D eigenvalue weighted by molar-refractivity contribution is 5.68. The molecule has 1 aliphatic heterocycles. The van der Waals surface area contributed by atoms with E-state index in [0.717, 1.165) is 18.4 Å². The molecule has 1 unspecified atom stereocenters. The molecule has 0 aromatic heterocycles. The lowest BCUT2D eigenvalue weighted by molar-refractivity contribution is -0.0400. The molecule has 0 spiro atoms. The summed E-state index contributed by atoms with van der Waals surface area (Å²) in [4.78, 5) is 14.0. The second kappa shape index (κ2) is 7.46. The van der Waals surface area contributed by atoms with E-state index >= 15 is 0 Å². The zero-order valence-corrected chi connectivity index (χ0v) is 13.1. The van der Waals surface area contributed by atoms with Crippen LogP contribution in [0.1, 0.15) is 39.2 Å². The monoisotopic (exact) mass is 291 g/mol. The van der Waals surface area contributed by atoms with Gasteiger partial charge in [-0.1, -0.05) is 30.3 Å². The molecule has 2 atom stereocenters. The molecule has 1 aromatic carbocycles. The van der Waals surface area contributed by atoms with Crippen molar-refractivity contribution >= 4 is 6.09 Å². The van der Waals surface area contributed by atoms with Crippen LogP contribution < -0.4 is 0 Å². The van der Waals surface area contributed by atoms with Crippen LogP contribution >= 0.6 is 0 Å². The Bertz CT molecular complexity index is 447. The number of nitrogens with zero attached hydrogens (tertiary/aromatic N) is 1. The summed E-state index contributed by atoms with van der Waals surface area (Å²) < 4.78 is 11.2. The summed E-state index contributed by atoms with van der Waals surface area (Å²) >= 11 is 0. The summed E-state index contributed by atoms with van der Waals surface area (Å²) in [5.74, 6) is 0. The molecule has 4 nitrogen and oxygen atoms in total. The van der Waals surface area contributed by atoms with E-state index < -0.39 is 0 Å². The number of rotatable bonds is 4. The standard InChI is InChI=1S/C17H25NO3/c1-13(2)21-16-9-10-18(14(3)11-16)17(19)20-12-15-7-5-4-6-8-15/h4-8,13-14,16H,9-12H2,1-3H3/t14-,16?/m1/s1. The molecule has 21 heavy (non-hydrogen) atoms. The summed E-state index contributed by atoms with van der Waals surface area (Å²) in [6, 6.07) is 9.91. The van der Waals surface area contributed by atoms with Gasteiger partial charge in [0.1, 0.15) is 6.61 Å². The molecule has 2 rings (SSSR count). The van der Waals surface area contributed by atoms with E-state index in [1.54, 1.807) is 0 Å². The minimum atomic E-state index is -0.227. The van der Waals surface area contributed by atoms with Gasteiger partial charge in [-0.25, -0.2) is 4.79 Å². The molecule has 116 valence electrons. The molecule has 1 amide bonds. The fourth-order valence-electron chi connectivity index (χ4n) is 2.71. The number of benzene rings is 1. The fourth-order valence-corrected chi connectivity index (χ4v) is 2.71. The highest BCUT2D eigenvalue weighted by atomic mass is 16.6. The Balaban J connectivity index is 1.81. The summed E-state index contributed by atoms with van der Waals surface area (Å²) in [7, 11) is 0. The molecule has 0 radical (unpaired) electrons. The van der Waals surface area contributed by atoms with Gasteiger partial charge in [0.2, 0.25) is 0 Å². The zero-order chi connectivity index (χ0) is 15.2. The Hall–Kier alpha value is -1.55. The van der Waals surface area contributed by atoms with Gasteiger partial charge in [-0.3, -0.25) is 0 Å². The lowest BCUT2D eigenvalue weighted by Crippen LogP contribution is -2.47. The van der Waals surface area contributed by atoms with Crippen LogP contribution in [-0.4, -0.2) is 35.8 Å². The Labute approximate surface area is 127 Å². The van der Waals surface area contributed by atoms with E-state index in [1.165, 1.54) is 0 Å². The summed E-state index contributed by atoms with van der Waals surface area (Å²) in [5, 5.41) is 0. The number of piperidine rings is 1. The molecular formula is C17H25NO3. The van der Waals surface area contributed by atoms with Gasteiger partial charge in [-0.15, -0.1) is 0 Å². The first-order chi connectivity index (χ1) is 10.1. The summed E-state index contributed by atoms with van der Waals surface area (Å²) in [6.45, 7) is 7.18. The molecule has 0 N–H and O–H groups in total. The Kier molecular flexibility index (Phi) is 5.62. The van der Waals surface area contributed by atoms with Crippen molar-refractivity contribution in [2.45, 2.75) is 58.5 Å². The van der Waals surface area contributed by atoms with Crippen molar-refractivity contribution in [2.24, 2.45) is 0 Å². The Morgan fingerprint density at radius 2 is 2.05 bits per heavy atom. The fraction of sp³-hybridized carbons (Fsp3) is 0.588. The van der Waals surface area contributed by atoms with E-state index in [1.807, 2.05) is 49.1 Å². The van der Waals surface area contributed by atoms with Crippen LogP contribution in [0.3, 0.4) is 0 Å². The largest absolute Gasteiger partial charge is 0.445 e. The molecule has 1 aliphatic rings. The number of carbonyl (C=O) groups is 1. The van der Waals surface area contributed by atoms with Gasteiger partial charge in [-0.05, 0) is 39.2 Å². The lowest BCUT2D eigenvalue weighted by Gasteiger charge is -2.37. The number of amides is 1. The molecule has 1 fully saturated rings. The maximum atomic E-state index is 12.2. The van der Waals surface area contributed by atoms with Crippen molar-refractivity contribution in [1.29, 1.82) is 0 Å². The van der Waals surface area contributed by atoms with Gasteiger partial charge < -0.3 is 14.4 Å². The minimum absolute atomic E-state index is 0.158. The van der Waals surface area contributed by atoms with Crippen molar-refractivity contribution in [3.05, 3.63) is 35.9 Å². The van der Waals surface area contributed by atoms with Crippen molar-refractivity contribution in [2.75, 3.05) is 6.54 Å². The van der Waals surface area contributed by atoms with Crippen molar-refractivity contribution in [3.63, 3.8) is 0 Å². The first-order valence-corrected chi connectivity index (χ1v) is 7.69. The van der Waals surface area contributed by atoms with Gasteiger partial charge in [-0.2, -0.15) is 0 Å². The summed E-state index contributed by atoms with van der Waals surface area (Å²) in [5.41, 5.74) is 1.01. The third-order valence-corrected chi connectivity index (χ3v) is 3.73. The van der Waals surface area contributed by atoms with Crippen molar-refractivity contribution in [1.82, 2.24) is 4.90 Å². The highest BCUT2D eigenvalue weighted by Crippen LogP contribution is 2.22. The topological polar surface area (TPSA) is 38.8 Å². The summed E-state index contributed by atoms with van der Waals surface area (Å²) in [6.07, 6.45) is 2.01. The minimum Gasteiger partial charge on any atom is -0.445 e. The van der Waals surface area contributed by atoms with Crippen LogP contribution in [0.25, 0.3) is 0 Å². The van der Waals surface area contributed by atoms with Crippen LogP contribution in [0.2, 0.25) is 0 Å². The van der Waals surface area contributed by atoms with Crippen LogP contribution in [0, 0.1) is 0 Å². The normalized spacial score (nSPS) is 22.4. The molecule has 0 saturated carbocycles. The first-order valence-electron chi connectivity index (χ1n) is 7.69. The SMILES string of the molecule is CC(C)OC1CCN(C(=O)OCc2ccccc2)[C@H](C)C1. The van der Waals surface area contributed by atoms with Crippen LogP contribution in [0.5, 0.6) is 0 Å². The lowest BCUT2D eigenvalue weighted by atomic mass is 10.0. The Morgan fingerprint density at radius 3 is 2.67 bits per heavy atom. The number of carbonyl (C=O) groups excluding carboxylic acids is 1. The van der Waals surface area contributed by atoms with E-state index in [4.69, 9.17) is 9.47 Å². The van der Waals surface area contributed by atoms with Gasteiger partial charge in [0.05, 0.1) is 12.2 Å². The molecule has 1 saturated heterocycles. The van der Waals surface area contributed by atoms with E-state index in [-0.39, 0.29) is 24.3 Å². The predicted molar refractivity (Wildman–Crippen MR) is 82.0 cm³/mol. The van der Waals surface area contributed by atoms with Crippen LogP contribution in [0.4, 0.5) is 4.79 Å². The molecule has 0 bridgehead atoms. The molecule has 1 aromatic rings. The highest BCUT2D eigenvalue weighted by Gasteiger charge is 2.30. The number of likely N-dealkylation sites (tertiary alicyclic amines) is 1. The van der Waals surface area contributed by atoms with E-state index in [9.17, 15) is 4.79 Å². The predicted octanol–water partition coefficient (Wildman–Crippen LogP) is 3.60.